The van der Waals surface area contributed by atoms with Crippen LogP contribution >= 0.6 is 11.6 Å². The summed E-state index contributed by atoms with van der Waals surface area (Å²) in [4.78, 5) is 0. The van der Waals surface area contributed by atoms with E-state index in [0.29, 0.717) is 13.2 Å². The van der Waals surface area contributed by atoms with Crippen molar-refractivity contribution in [3.05, 3.63) is 70.2 Å². The van der Waals surface area contributed by atoms with Crippen LogP contribution in [0.4, 0.5) is 0 Å². The van der Waals surface area contributed by atoms with Crippen LogP contribution in [0.1, 0.15) is 16.7 Å². The van der Waals surface area contributed by atoms with Gasteiger partial charge in [-0.15, -0.1) is 0 Å². The van der Waals surface area contributed by atoms with E-state index in [1.807, 2.05) is 31.2 Å². The minimum atomic E-state index is 0.657. The molecule has 0 heterocycles. The van der Waals surface area contributed by atoms with E-state index in [1.54, 1.807) is 0 Å². The molecule has 0 N–H and O–H groups in total. The fourth-order valence-electron chi connectivity index (χ4n) is 1.80. The van der Waals surface area contributed by atoms with Crippen molar-refractivity contribution >= 4 is 11.6 Å². The third kappa shape index (κ3) is 3.86. The highest BCUT2D eigenvalue weighted by Gasteiger charge is 2.00. The van der Waals surface area contributed by atoms with Gasteiger partial charge in [-0.2, -0.15) is 0 Å². The van der Waals surface area contributed by atoms with Crippen molar-refractivity contribution in [2.45, 2.75) is 20.0 Å². The minimum absolute atomic E-state index is 0.657. The van der Waals surface area contributed by atoms with Crippen molar-refractivity contribution in [1.29, 1.82) is 0 Å². The van der Waals surface area contributed by atoms with Crippen LogP contribution in [-0.4, -0.2) is 6.61 Å². The van der Waals surface area contributed by atoms with Crippen molar-refractivity contribution in [3.8, 4) is 0 Å². The molecule has 0 aliphatic carbocycles. The van der Waals surface area contributed by atoms with E-state index >= 15 is 0 Å². The van der Waals surface area contributed by atoms with Gasteiger partial charge in [0.25, 0.3) is 0 Å². The average Bonchev–Trinajstić information content (AvgIpc) is 2.38. The summed E-state index contributed by atoms with van der Waals surface area (Å²) >= 11 is 6.17. The monoisotopic (exact) mass is 260 g/mol. The Bertz CT molecular complexity index is 494. The molecule has 0 aromatic heterocycles. The number of benzene rings is 2. The Kier molecular flexibility index (Phi) is 4.80. The zero-order chi connectivity index (χ0) is 12.8. The third-order valence-electron chi connectivity index (χ3n) is 2.84. The van der Waals surface area contributed by atoms with E-state index in [1.165, 1.54) is 11.1 Å². The number of rotatable bonds is 5. The Hall–Kier alpha value is -1.31. The first kappa shape index (κ1) is 13.1. The first-order valence-electron chi connectivity index (χ1n) is 6.12. The maximum Gasteiger partial charge on any atom is 0.0717 e. The predicted molar refractivity (Wildman–Crippen MR) is 76.0 cm³/mol. The Morgan fingerprint density at radius 1 is 1.06 bits per heavy atom. The second-order valence-electron chi connectivity index (χ2n) is 4.38. The molecular formula is C16H17ClO. The Morgan fingerprint density at radius 3 is 2.56 bits per heavy atom. The molecule has 0 spiro atoms. The lowest BCUT2D eigenvalue weighted by atomic mass is 10.1. The van der Waals surface area contributed by atoms with E-state index in [-0.39, 0.29) is 0 Å². The maximum atomic E-state index is 6.17. The Labute approximate surface area is 113 Å². The van der Waals surface area contributed by atoms with E-state index < -0.39 is 0 Å². The van der Waals surface area contributed by atoms with Gasteiger partial charge in [0, 0.05) is 5.02 Å². The van der Waals surface area contributed by atoms with Crippen LogP contribution in [-0.2, 0) is 17.8 Å². The summed E-state index contributed by atoms with van der Waals surface area (Å²) in [7, 11) is 0. The molecule has 0 atom stereocenters. The number of hydrogen-bond acceptors (Lipinski definition) is 1. The largest absolute Gasteiger partial charge is 0.376 e. The summed E-state index contributed by atoms with van der Waals surface area (Å²) in [6, 6.07) is 16.3. The fourth-order valence-corrected chi connectivity index (χ4v) is 2.13. The normalized spacial score (nSPS) is 10.6. The van der Waals surface area contributed by atoms with Crippen molar-refractivity contribution < 1.29 is 4.74 Å². The summed E-state index contributed by atoms with van der Waals surface area (Å²) in [5.41, 5.74) is 3.54. The lowest BCUT2D eigenvalue weighted by Gasteiger charge is -2.07. The first-order valence-corrected chi connectivity index (χ1v) is 6.50. The van der Waals surface area contributed by atoms with Gasteiger partial charge in [0.1, 0.15) is 0 Å². The van der Waals surface area contributed by atoms with Crippen LogP contribution in [0.15, 0.2) is 48.5 Å². The molecule has 0 unspecified atom stereocenters. The molecule has 2 aromatic carbocycles. The van der Waals surface area contributed by atoms with E-state index in [2.05, 4.69) is 24.3 Å². The van der Waals surface area contributed by atoms with Gasteiger partial charge in [-0.25, -0.2) is 0 Å². The summed E-state index contributed by atoms with van der Waals surface area (Å²) in [5.74, 6) is 0. The quantitative estimate of drug-likeness (QED) is 0.724. The lowest BCUT2D eigenvalue weighted by Crippen LogP contribution is -1.99. The fraction of sp³-hybridized carbons (Fsp3) is 0.250. The summed E-state index contributed by atoms with van der Waals surface area (Å²) in [6.45, 7) is 3.39. The molecule has 0 saturated heterocycles. The molecule has 0 radical (unpaired) electrons. The maximum absolute atomic E-state index is 6.17. The molecule has 0 bridgehead atoms. The van der Waals surface area contributed by atoms with Crippen molar-refractivity contribution in [2.24, 2.45) is 0 Å². The predicted octanol–water partition coefficient (Wildman–Crippen LogP) is 4.41. The second-order valence-corrected chi connectivity index (χ2v) is 4.79. The van der Waals surface area contributed by atoms with Gasteiger partial charge in [-0.05, 0) is 36.1 Å². The highest BCUT2D eigenvalue weighted by molar-refractivity contribution is 6.31. The van der Waals surface area contributed by atoms with Crippen LogP contribution in [0.2, 0.25) is 5.02 Å². The Morgan fingerprint density at radius 2 is 1.83 bits per heavy atom. The lowest BCUT2D eigenvalue weighted by molar-refractivity contribution is 0.124. The molecule has 0 aliphatic rings. The van der Waals surface area contributed by atoms with Crippen molar-refractivity contribution in [1.82, 2.24) is 0 Å². The Balaban J connectivity index is 1.79. The molecule has 94 valence electrons. The van der Waals surface area contributed by atoms with Crippen molar-refractivity contribution in [3.63, 3.8) is 0 Å². The number of aryl methyl sites for hydroxylation is 1. The first-order chi connectivity index (χ1) is 8.75. The molecule has 0 amide bonds. The number of hydrogen-bond donors (Lipinski definition) is 0. The highest BCUT2D eigenvalue weighted by Crippen LogP contribution is 2.18. The summed E-state index contributed by atoms with van der Waals surface area (Å²) in [6.07, 6.45) is 0.853. The van der Waals surface area contributed by atoms with E-state index in [4.69, 9.17) is 16.3 Å². The summed E-state index contributed by atoms with van der Waals surface area (Å²) in [5, 5.41) is 0.832. The topological polar surface area (TPSA) is 9.23 Å². The molecular weight excluding hydrogens is 244 g/mol. The van der Waals surface area contributed by atoms with E-state index in [9.17, 15) is 0 Å². The van der Waals surface area contributed by atoms with Gasteiger partial charge in [0.2, 0.25) is 0 Å². The van der Waals surface area contributed by atoms with Crippen LogP contribution in [0.3, 0.4) is 0 Å². The van der Waals surface area contributed by atoms with E-state index in [0.717, 1.165) is 17.0 Å². The second kappa shape index (κ2) is 6.58. The van der Waals surface area contributed by atoms with Gasteiger partial charge in [0.15, 0.2) is 0 Å². The summed E-state index contributed by atoms with van der Waals surface area (Å²) < 4.78 is 5.65. The van der Waals surface area contributed by atoms with Gasteiger partial charge >= 0.3 is 0 Å². The van der Waals surface area contributed by atoms with Gasteiger partial charge in [-0.3, -0.25) is 0 Å². The molecule has 2 heteroatoms. The molecule has 2 aromatic rings. The minimum Gasteiger partial charge on any atom is -0.376 e. The van der Waals surface area contributed by atoms with Crippen LogP contribution < -0.4 is 0 Å². The molecule has 0 aliphatic heterocycles. The number of halogens is 1. The van der Waals surface area contributed by atoms with Gasteiger partial charge < -0.3 is 4.74 Å². The molecule has 0 fully saturated rings. The highest BCUT2D eigenvalue weighted by atomic mass is 35.5. The molecule has 1 nitrogen and oxygen atoms in total. The van der Waals surface area contributed by atoms with Crippen LogP contribution in [0, 0.1) is 6.92 Å². The standard InChI is InChI=1S/C16H17ClO/c1-13-7-8-15(16(17)11-13)9-10-18-12-14-5-3-2-4-6-14/h2-8,11H,9-10,12H2,1H3. The van der Waals surface area contributed by atoms with Crippen molar-refractivity contribution in [2.75, 3.05) is 6.61 Å². The zero-order valence-electron chi connectivity index (χ0n) is 10.5. The molecule has 18 heavy (non-hydrogen) atoms. The smallest absolute Gasteiger partial charge is 0.0717 e. The number of ether oxygens (including phenoxy) is 1. The van der Waals surface area contributed by atoms with Crippen LogP contribution in [0.5, 0.6) is 0 Å². The van der Waals surface area contributed by atoms with Gasteiger partial charge in [0.05, 0.1) is 13.2 Å². The average molecular weight is 261 g/mol. The van der Waals surface area contributed by atoms with Gasteiger partial charge in [-0.1, -0.05) is 54.1 Å². The zero-order valence-corrected chi connectivity index (χ0v) is 11.3. The molecule has 2 rings (SSSR count). The van der Waals surface area contributed by atoms with Crippen LogP contribution in [0.25, 0.3) is 0 Å². The SMILES string of the molecule is Cc1ccc(CCOCc2ccccc2)c(Cl)c1. The molecule has 0 saturated carbocycles. The third-order valence-corrected chi connectivity index (χ3v) is 3.19.